The molecule has 0 spiro atoms. The lowest BCUT2D eigenvalue weighted by molar-refractivity contribution is -0.113. The van der Waals surface area contributed by atoms with E-state index in [2.05, 4.69) is 48.7 Å². The van der Waals surface area contributed by atoms with E-state index in [1.807, 2.05) is 72.8 Å². The molecule has 0 fully saturated rings. The van der Waals surface area contributed by atoms with Gasteiger partial charge in [0.25, 0.3) is 0 Å². The maximum atomic E-state index is 12.6. The largest absolute Gasteiger partial charge is 0.300 e. The first-order chi connectivity index (χ1) is 17.6. The van der Waals surface area contributed by atoms with Crippen molar-refractivity contribution < 1.29 is 4.79 Å². The number of aromatic nitrogens is 5. The van der Waals surface area contributed by atoms with Gasteiger partial charge in [-0.05, 0) is 29.8 Å². The van der Waals surface area contributed by atoms with Gasteiger partial charge in [-0.1, -0.05) is 111 Å². The molecule has 5 aromatic rings. The number of halogens is 1. The van der Waals surface area contributed by atoms with Gasteiger partial charge in [-0.3, -0.25) is 10.1 Å². The van der Waals surface area contributed by atoms with Crippen molar-refractivity contribution in [2.45, 2.75) is 15.2 Å². The Morgan fingerprint density at radius 2 is 1.72 bits per heavy atom. The Morgan fingerprint density at radius 1 is 0.944 bits per heavy atom. The van der Waals surface area contributed by atoms with Crippen LogP contribution in [0.15, 0.2) is 98.9 Å². The first-order valence-corrected chi connectivity index (χ1v) is 14.4. The Bertz CT molecular complexity index is 1400. The van der Waals surface area contributed by atoms with Gasteiger partial charge in [0, 0.05) is 15.8 Å². The Balaban J connectivity index is 1.21. The van der Waals surface area contributed by atoms with Crippen LogP contribution >= 0.6 is 50.8 Å². The van der Waals surface area contributed by atoms with E-state index in [9.17, 15) is 4.79 Å². The fourth-order valence-corrected chi connectivity index (χ4v) is 6.03. The number of amides is 1. The lowest BCUT2D eigenvalue weighted by Crippen LogP contribution is -2.14. The van der Waals surface area contributed by atoms with Crippen LogP contribution in [0.2, 0.25) is 0 Å². The summed E-state index contributed by atoms with van der Waals surface area (Å²) in [7, 11) is 0. The predicted octanol–water partition coefficient (Wildman–Crippen LogP) is 6.57. The van der Waals surface area contributed by atoms with Crippen LogP contribution in [0.1, 0.15) is 5.56 Å². The fraction of sp³-hybridized carbons (Fsp3) is 0.0800. The second kappa shape index (κ2) is 11.8. The van der Waals surface area contributed by atoms with Crippen molar-refractivity contribution in [1.82, 2.24) is 25.0 Å². The quantitative estimate of drug-likeness (QED) is 0.152. The van der Waals surface area contributed by atoms with E-state index in [0.717, 1.165) is 31.6 Å². The lowest BCUT2D eigenvalue weighted by atomic mass is 10.2. The minimum atomic E-state index is -0.183. The fourth-order valence-electron chi connectivity index (χ4n) is 3.25. The molecule has 7 nitrogen and oxygen atoms in total. The molecule has 36 heavy (non-hydrogen) atoms. The van der Waals surface area contributed by atoms with Crippen molar-refractivity contribution in [2.24, 2.45) is 0 Å². The van der Waals surface area contributed by atoms with E-state index >= 15 is 0 Å². The number of hydrogen-bond acceptors (Lipinski definition) is 8. The first kappa shape index (κ1) is 24.7. The Morgan fingerprint density at radius 3 is 2.50 bits per heavy atom. The molecule has 0 aliphatic carbocycles. The van der Waals surface area contributed by atoms with Crippen LogP contribution in [-0.4, -0.2) is 36.6 Å². The molecule has 0 aliphatic heterocycles. The van der Waals surface area contributed by atoms with Gasteiger partial charge in [0.2, 0.25) is 16.2 Å². The van der Waals surface area contributed by atoms with E-state index in [-0.39, 0.29) is 11.7 Å². The SMILES string of the molecule is O=C(CSc1nc(-c2ccccc2)n(-c2ccccc2)n1)Nc1nnc(SCc2cccc(Br)c2)s1. The van der Waals surface area contributed by atoms with E-state index < -0.39 is 0 Å². The van der Waals surface area contributed by atoms with E-state index in [1.165, 1.54) is 28.7 Å². The number of anilines is 1. The van der Waals surface area contributed by atoms with Crippen LogP contribution in [0.25, 0.3) is 17.1 Å². The molecular formula is C25H19BrN6OS3. The molecule has 0 saturated heterocycles. The number of nitrogens with one attached hydrogen (secondary N) is 1. The standard InChI is InChI=1S/C25H19BrN6OS3/c26-19-11-7-8-17(14-19)15-35-25-30-29-23(36-25)27-21(33)16-34-24-28-22(18-9-3-1-4-10-18)32(31-24)20-12-5-2-6-13-20/h1-14H,15-16H2,(H,27,29,33). The summed E-state index contributed by atoms with van der Waals surface area (Å²) in [5.74, 6) is 1.47. The average Bonchev–Trinajstić information content (AvgIpc) is 3.54. The zero-order valence-corrected chi connectivity index (χ0v) is 22.8. The van der Waals surface area contributed by atoms with E-state index in [1.54, 1.807) is 16.4 Å². The molecule has 5 rings (SSSR count). The molecular weight excluding hydrogens is 576 g/mol. The smallest absolute Gasteiger partial charge is 0.236 e. The number of carbonyl (C=O) groups is 1. The van der Waals surface area contributed by atoms with Crippen LogP contribution in [0, 0.1) is 0 Å². The van der Waals surface area contributed by atoms with Gasteiger partial charge in [-0.25, -0.2) is 9.67 Å². The zero-order valence-electron chi connectivity index (χ0n) is 18.7. The second-order valence-electron chi connectivity index (χ2n) is 7.46. The molecule has 180 valence electrons. The van der Waals surface area contributed by atoms with Crippen LogP contribution < -0.4 is 5.32 Å². The molecule has 0 atom stereocenters. The summed E-state index contributed by atoms with van der Waals surface area (Å²) in [6.07, 6.45) is 0. The maximum absolute atomic E-state index is 12.6. The minimum absolute atomic E-state index is 0.160. The molecule has 3 aromatic carbocycles. The van der Waals surface area contributed by atoms with Gasteiger partial charge in [-0.2, -0.15) is 0 Å². The highest BCUT2D eigenvalue weighted by Crippen LogP contribution is 2.29. The molecule has 0 saturated carbocycles. The third-order valence-corrected chi connectivity index (χ3v) is 8.23. The molecule has 0 bridgehead atoms. The maximum Gasteiger partial charge on any atom is 0.236 e. The van der Waals surface area contributed by atoms with Crippen molar-refractivity contribution in [3.05, 3.63) is 95.0 Å². The van der Waals surface area contributed by atoms with Crippen molar-refractivity contribution in [3.8, 4) is 17.1 Å². The van der Waals surface area contributed by atoms with Crippen LogP contribution in [0.5, 0.6) is 0 Å². The van der Waals surface area contributed by atoms with Gasteiger partial charge < -0.3 is 0 Å². The number of rotatable bonds is 9. The van der Waals surface area contributed by atoms with Gasteiger partial charge in [0.05, 0.1) is 11.4 Å². The predicted molar refractivity (Wildman–Crippen MR) is 150 cm³/mol. The molecule has 0 radical (unpaired) electrons. The third kappa shape index (κ3) is 6.41. The normalized spacial score (nSPS) is 10.9. The Labute approximate surface area is 228 Å². The highest BCUT2D eigenvalue weighted by molar-refractivity contribution is 9.10. The molecule has 11 heteroatoms. The topological polar surface area (TPSA) is 85.6 Å². The summed E-state index contributed by atoms with van der Waals surface area (Å²) >= 11 is 7.71. The lowest BCUT2D eigenvalue weighted by Gasteiger charge is -2.05. The van der Waals surface area contributed by atoms with Gasteiger partial charge in [0.1, 0.15) is 0 Å². The molecule has 1 N–H and O–H groups in total. The third-order valence-electron chi connectivity index (χ3n) is 4.86. The summed E-state index contributed by atoms with van der Waals surface area (Å²) in [5, 5.41) is 16.8. The van der Waals surface area contributed by atoms with Gasteiger partial charge in [-0.15, -0.1) is 15.3 Å². The molecule has 2 aromatic heterocycles. The number of thioether (sulfide) groups is 2. The number of hydrogen-bond donors (Lipinski definition) is 1. The van der Waals surface area contributed by atoms with Crippen molar-refractivity contribution >= 4 is 61.8 Å². The molecule has 0 unspecified atom stereocenters. The second-order valence-corrected chi connectivity index (χ2v) is 11.5. The summed E-state index contributed by atoms with van der Waals surface area (Å²) in [6, 6.07) is 27.8. The summed E-state index contributed by atoms with van der Waals surface area (Å²) < 4.78 is 3.64. The van der Waals surface area contributed by atoms with Gasteiger partial charge >= 0.3 is 0 Å². The van der Waals surface area contributed by atoms with Crippen LogP contribution in [0.4, 0.5) is 5.13 Å². The Kier molecular flexibility index (Phi) is 8.11. The van der Waals surface area contributed by atoms with Crippen LogP contribution in [0.3, 0.4) is 0 Å². The van der Waals surface area contributed by atoms with Crippen molar-refractivity contribution in [3.63, 3.8) is 0 Å². The summed E-state index contributed by atoms with van der Waals surface area (Å²) in [4.78, 5) is 17.3. The van der Waals surface area contributed by atoms with Crippen LogP contribution in [-0.2, 0) is 10.5 Å². The van der Waals surface area contributed by atoms with Crippen molar-refractivity contribution in [1.29, 1.82) is 0 Å². The number of benzene rings is 3. The number of nitrogens with zero attached hydrogens (tertiary/aromatic N) is 5. The zero-order chi connectivity index (χ0) is 24.7. The van der Waals surface area contributed by atoms with E-state index in [0.29, 0.717) is 10.3 Å². The first-order valence-electron chi connectivity index (χ1n) is 10.9. The molecule has 1 amide bonds. The molecule has 2 heterocycles. The summed E-state index contributed by atoms with van der Waals surface area (Å²) in [6.45, 7) is 0. The monoisotopic (exact) mass is 594 g/mol. The average molecular weight is 596 g/mol. The van der Waals surface area contributed by atoms with Crippen molar-refractivity contribution in [2.75, 3.05) is 11.1 Å². The number of para-hydroxylation sites is 1. The number of carbonyl (C=O) groups excluding carboxylic acids is 1. The highest BCUT2D eigenvalue weighted by Gasteiger charge is 2.16. The summed E-state index contributed by atoms with van der Waals surface area (Å²) in [5.41, 5.74) is 3.04. The Hall–Kier alpha value is -2.99. The van der Waals surface area contributed by atoms with Gasteiger partial charge in [0.15, 0.2) is 10.2 Å². The highest BCUT2D eigenvalue weighted by atomic mass is 79.9. The van der Waals surface area contributed by atoms with E-state index in [4.69, 9.17) is 4.98 Å². The molecule has 0 aliphatic rings. The minimum Gasteiger partial charge on any atom is -0.300 e.